The standard InChI is InChI=1S/C22H19ClN6OS/c1-14-12-15(2)25-22(24-14)31-13-19-20(21(30)26-17-10-8-16(23)9-11-17)27-28-29(19)18-6-4-3-5-7-18/h3-12H,13H2,1-2H3,(H,26,30). The lowest BCUT2D eigenvalue weighted by atomic mass is 10.2. The van der Waals surface area contributed by atoms with E-state index in [1.165, 1.54) is 11.8 Å². The van der Waals surface area contributed by atoms with E-state index in [2.05, 4.69) is 25.6 Å². The molecule has 4 aromatic rings. The molecule has 0 saturated carbocycles. The van der Waals surface area contributed by atoms with Crippen molar-refractivity contribution in [3.63, 3.8) is 0 Å². The molecule has 0 aliphatic carbocycles. The van der Waals surface area contributed by atoms with Gasteiger partial charge in [-0.3, -0.25) is 4.79 Å². The van der Waals surface area contributed by atoms with Crippen LogP contribution < -0.4 is 5.32 Å². The molecule has 0 aliphatic heterocycles. The Morgan fingerprint density at radius 3 is 2.39 bits per heavy atom. The Kier molecular flexibility index (Phi) is 6.29. The Bertz CT molecular complexity index is 1190. The topological polar surface area (TPSA) is 85.6 Å². The quantitative estimate of drug-likeness (QED) is 0.333. The number of nitrogens with one attached hydrogen (secondary N) is 1. The number of halogens is 1. The maximum absolute atomic E-state index is 13.0. The van der Waals surface area contributed by atoms with Gasteiger partial charge in [-0.1, -0.05) is 46.8 Å². The predicted molar refractivity (Wildman–Crippen MR) is 122 cm³/mol. The highest BCUT2D eigenvalue weighted by molar-refractivity contribution is 7.98. The third kappa shape index (κ3) is 5.10. The fraction of sp³-hybridized carbons (Fsp3) is 0.136. The van der Waals surface area contributed by atoms with E-state index < -0.39 is 0 Å². The lowest BCUT2D eigenvalue weighted by molar-refractivity contribution is 0.102. The third-order valence-corrected chi connectivity index (χ3v) is 5.49. The summed E-state index contributed by atoms with van der Waals surface area (Å²) in [5, 5.41) is 12.5. The second-order valence-corrected chi connectivity index (χ2v) is 8.19. The maximum Gasteiger partial charge on any atom is 0.278 e. The number of thioether (sulfide) groups is 1. The minimum atomic E-state index is -0.346. The number of rotatable bonds is 6. The predicted octanol–water partition coefficient (Wildman–Crippen LogP) is 4.87. The molecule has 9 heteroatoms. The van der Waals surface area contributed by atoms with E-state index in [4.69, 9.17) is 11.6 Å². The van der Waals surface area contributed by atoms with Crippen LogP contribution in [-0.2, 0) is 5.75 Å². The third-order valence-electron chi connectivity index (χ3n) is 4.38. The van der Waals surface area contributed by atoms with Crippen molar-refractivity contribution < 1.29 is 4.79 Å². The molecule has 2 heterocycles. The number of aryl methyl sites for hydroxylation is 2. The van der Waals surface area contributed by atoms with Crippen molar-refractivity contribution in [1.82, 2.24) is 25.0 Å². The van der Waals surface area contributed by atoms with Crippen molar-refractivity contribution in [2.45, 2.75) is 24.8 Å². The zero-order valence-corrected chi connectivity index (χ0v) is 18.5. The van der Waals surface area contributed by atoms with E-state index in [0.29, 0.717) is 27.3 Å². The van der Waals surface area contributed by atoms with Gasteiger partial charge >= 0.3 is 0 Å². The molecular formula is C22H19ClN6OS. The van der Waals surface area contributed by atoms with Crippen LogP contribution in [-0.4, -0.2) is 30.9 Å². The zero-order valence-electron chi connectivity index (χ0n) is 16.9. The summed E-state index contributed by atoms with van der Waals surface area (Å²) in [6.45, 7) is 3.86. The van der Waals surface area contributed by atoms with E-state index >= 15 is 0 Å². The van der Waals surface area contributed by atoms with Crippen LogP contribution in [0.5, 0.6) is 0 Å². The molecule has 0 aliphatic rings. The number of benzene rings is 2. The van der Waals surface area contributed by atoms with Crippen LogP contribution >= 0.6 is 23.4 Å². The summed E-state index contributed by atoms with van der Waals surface area (Å²) in [5.41, 5.74) is 4.13. The number of nitrogens with zero attached hydrogens (tertiary/aromatic N) is 5. The smallest absolute Gasteiger partial charge is 0.278 e. The number of amides is 1. The van der Waals surface area contributed by atoms with Crippen LogP contribution in [0.2, 0.25) is 5.02 Å². The molecule has 0 fully saturated rings. The largest absolute Gasteiger partial charge is 0.321 e. The lowest BCUT2D eigenvalue weighted by Gasteiger charge is -2.09. The van der Waals surface area contributed by atoms with Gasteiger partial charge in [-0.2, -0.15) is 0 Å². The zero-order chi connectivity index (χ0) is 21.8. The highest BCUT2D eigenvalue weighted by Gasteiger charge is 2.21. The van der Waals surface area contributed by atoms with Crippen molar-refractivity contribution >= 4 is 35.0 Å². The number of hydrogen-bond donors (Lipinski definition) is 1. The summed E-state index contributed by atoms with van der Waals surface area (Å²) in [5.74, 6) is 0.0789. The monoisotopic (exact) mass is 450 g/mol. The molecule has 0 unspecified atom stereocenters. The van der Waals surface area contributed by atoms with Gasteiger partial charge in [-0.15, -0.1) is 5.10 Å². The van der Waals surface area contributed by atoms with E-state index in [-0.39, 0.29) is 11.6 Å². The Labute approximate surface area is 188 Å². The van der Waals surface area contributed by atoms with Crippen LogP contribution in [0.1, 0.15) is 27.6 Å². The molecule has 0 saturated heterocycles. The van der Waals surface area contributed by atoms with Gasteiger partial charge in [0, 0.05) is 27.9 Å². The maximum atomic E-state index is 13.0. The average Bonchev–Trinajstić information content (AvgIpc) is 3.18. The Balaban J connectivity index is 1.65. The first-order valence-corrected chi connectivity index (χ1v) is 10.9. The molecule has 2 aromatic heterocycles. The molecule has 0 atom stereocenters. The number of aromatic nitrogens is 5. The van der Waals surface area contributed by atoms with Gasteiger partial charge in [0.1, 0.15) is 0 Å². The first kappa shape index (κ1) is 21.0. The molecular weight excluding hydrogens is 432 g/mol. The van der Waals surface area contributed by atoms with E-state index in [0.717, 1.165) is 17.1 Å². The van der Waals surface area contributed by atoms with Gasteiger partial charge in [0.05, 0.1) is 11.4 Å². The van der Waals surface area contributed by atoms with Crippen molar-refractivity contribution in [1.29, 1.82) is 0 Å². The fourth-order valence-corrected chi connectivity index (χ4v) is 4.07. The summed E-state index contributed by atoms with van der Waals surface area (Å²) in [4.78, 5) is 21.9. The Hall–Kier alpha value is -3.23. The molecule has 2 aromatic carbocycles. The van der Waals surface area contributed by atoms with Crippen molar-refractivity contribution in [2.24, 2.45) is 0 Å². The van der Waals surface area contributed by atoms with Gasteiger partial charge in [0.25, 0.3) is 5.91 Å². The number of hydrogen-bond acceptors (Lipinski definition) is 6. The minimum absolute atomic E-state index is 0.246. The van der Waals surface area contributed by atoms with Crippen LogP contribution in [0.3, 0.4) is 0 Å². The van der Waals surface area contributed by atoms with Gasteiger partial charge in [0.15, 0.2) is 10.9 Å². The minimum Gasteiger partial charge on any atom is -0.321 e. The second-order valence-electron chi connectivity index (χ2n) is 6.82. The van der Waals surface area contributed by atoms with E-state index in [1.54, 1.807) is 28.9 Å². The van der Waals surface area contributed by atoms with Crippen LogP contribution in [0.4, 0.5) is 5.69 Å². The van der Waals surface area contributed by atoms with Gasteiger partial charge in [-0.05, 0) is 56.3 Å². The number of carbonyl (C=O) groups excluding carboxylic acids is 1. The Morgan fingerprint density at radius 2 is 1.71 bits per heavy atom. The van der Waals surface area contributed by atoms with Crippen molar-refractivity contribution in [3.8, 4) is 5.69 Å². The summed E-state index contributed by atoms with van der Waals surface area (Å²) in [6, 6.07) is 18.4. The molecule has 4 rings (SSSR count). The molecule has 0 spiro atoms. The summed E-state index contributed by atoms with van der Waals surface area (Å²) >= 11 is 7.36. The number of para-hydroxylation sites is 1. The normalized spacial score (nSPS) is 10.8. The summed E-state index contributed by atoms with van der Waals surface area (Å²) < 4.78 is 1.67. The first-order valence-electron chi connectivity index (χ1n) is 9.51. The molecule has 156 valence electrons. The number of carbonyl (C=O) groups is 1. The number of anilines is 1. The molecule has 31 heavy (non-hydrogen) atoms. The lowest BCUT2D eigenvalue weighted by Crippen LogP contribution is -2.15. The molecule has 1 N–H and O–H groups in total. The van der Waals surface area contributed by atoms with E-state index in [9.17, 15) is 4.79 Å². The fourth-order valence-electron chi connectivity index (χ4n) is 3.00. The van der Waals surface area contributed by atoms with Gasteiger partial charge in [-0.25, -0.2) is 14.6 Å². The van der Waals surface area contributed by atoms with Crippen LogP contribution in [0.15, 0.2) is 65.8 Å². The van der Waals surface area contributed by atoms with Crippen molar-refractivity contribution in [3.05, 3.63) is 88.5 Å². The van der Waals surface area contributed by atoms with Crippen LogP contribution in [0.25, 0.3) is 5.69 Å². The Morgan fingerprint density at radius 1 is 1.03 bits per heavy atom. The van der Waals surface area contributed by atoms with Gasteiger partial charge in [0.2, 0.25) is 0 Å². The van der Waals surface area contributed by atoms with Gasteiger partial charge < -0.3 is 5.32 Å². The second kappa shape index (κ2) is 9.28. The molecule has 0 bridgehead atoms. The van der Waals surface area contributed by atoms with E-state index in [1.807, 2.05) is 50.2 Å². The highest BCUT2D eigenvalue weighted by Crippen LogP contribution is 2.24. The summed E-state index contributed by atoms with van der Waals surface area (Å²) in [6.07, 6.45) is 0. The summed E-state index contributed by atoms with van der Waals surface area (Å²) in [7, 11) is 0. The molecule has 1 amide bonds. The molecule has 7 nitrogen and oxygen atoms in total. The van der Waals surface area contributed by atoms with Crippen molar-refractivity contribution in [2.75, 3.05) is 5.32 Å². The van der Waals surface area contributed by atoms with Crippen LogP contribution in [0, 0.1) is 13.8 Å². The SMILES string of the molecule is Cc1cc(C)nc(SCc2c(C(=O)Nc3ccc(Cl)cc3)nnn2-c2ccccc2)n1. The molecule has 0 radical (unpaired) electrons. The first-order chi connectivity index (χ1) is 15.0. The average molecular weight is 451 g/mol. The highest BCUT2D eigenvalue weighted by atomic mass is 35.5.